The van der Waals surface area contributed by atoms with Crippen LogP contribution >= 0.6 is 15.9 Å². The van der Waals surface area contributed by atoms with Crippen molar-refractivity contribution >= 4 is 27.7 Å². The molecule has 0 bridgehead atoms. The highest BCUT2D eigenvalue weighted by Gasteiger charge is 2.30. The summed E-state index contributed by atoms with van der Waals surface area (Å²) in [5.41, 5.74) is 2.57. The summed E-state index contributed by atoms with van der Waals surface area (Å²) in [7, 11) is 0. The molecule has 0 saturated heterocycles. The molecular formula is C27H28BrFN2O2. The molecule has 172 valence electrons. The Morgan fingerprint density at radius 3 is 2.21 bits per heavy atom. The van der Waals surface area contributed by atoms with Crippen LogP contribution in [0.5, 0.6) is 0 Å². The van der Waals surface area contributed by atoms with Gasteiger partial charge in [-0.3, -0.25) is 9.59 Å². The van der Waals surface area contributed by atoms with E-state index in [-0.39, 0.29) is 36.6 Å². The molecule has 3 aromatic carbocycles. The first kappa shape index (κ1) is 24.6. The molecule has 0 fully saturated rings. The summed E-state index contributed by atoms with van der Waals surface area (Å²) in [6, 6.07) is 22.5. The van der Waals surface area contributed by atoms with Gasteiger partial charge in [0.05, 0.1) is 6.42 Å². The number of carbonyl (C=O) groups is 2. The van der Waals surface area contributed by atoms with Crippen LogP contribution < -0.4 is 5.32 Å². The van der Waals surface area contributed by atoms with E-state index in [1.807, 2.05) is 68.4 Å². The van der Waals surface area contributed by atoms with Crippen LogP contribution in [0.25, 0.3) is 0 Å². The molecule has 2 amide bonds. The summed E-state index contributed by atoms with van der Waals surface area (Å²) in [6.45, 7) is 4.08. The zero-order chi connectivity index (χ0) is 23.8. The van der Waals surface area contributed by atoms with Crippen LogP contribution in [0, 0.1) is 5.82 Å². The lowest BCUT2D eigenvalue weighted by Gasteiger charge is -2.32. The quantitative estimate of drug-likeness (QED) is 0.424. The molecule has 0 aliphatic carbocycles. The van der Waals surface area contributed by atoms with Crippen molar-refractivity contribution in [3.8, 4) is 0 Å². The molecule has 33 heavy (non-hydrogen) atoms. The molecule has 1 N–H and O–H groups in total. The van der Waals surface area contributed by atoms with E-state index in [1.165, 1.54) is 12.1 Å². The maximum atomic E-state index is 13.5. The molecule has 0 aliphatic heterocycles. The molecule has 4 nitrogen and oxygen atoms in total. The Morgan fingerprint density at radius 2 is 1.58 bits per heavy atom. The molecular weight excluding hydrogens is 483 g/mol. The number of nitrogens with zero attached hydrogens (tertiary/aromatic N) is 1. The van der Waals surface area contributed by atoms with Crippen LogP contribution in [0.3, 0.4) is 0 Å². The average molecular weight is 511 g/mol. The van der Waals surface area contributed by atoms with Crippen molar-refractivity contribution < 1.29 is 14.0 Å². The van der Waals surface area contributed by atoms with Gasteiger partial charge in [0.1, 0.15) is 11.9 Å². The van der Waals surface area contributed by atoms with Crippen LogP contribution in [-0.4, -0.2) is 28.8 Å². The van der Waals surface area contributed by atoms with Crippen LogP contribution in [0.1, 0.15) is 30.5 Å². The Bertz CT molecular complexity index is 1070. The van der Waals surface area contributed by atoms with Gasteiger partial charge in [0.25, 0.3) is 0 Å². The molecule has 3 aromatic rings. The minimum atomic E-state index is -0.693. The zero-order valence-electron chi connectivity index (χ0n) is 18.8. The highest BCUT2D eigenvalue weighted by atomic mass is 79.9. The Balaban J connectivity index is 1.96. The van der Waals surface area contributed by atoms with Crippen molar-refractivity contribution in [1.29, 1.82) is 0 Å². The van der Waals surface area contributed by atoms with Crippen molar-refractivity contribution in [1.82, 2.24) is 10.2 Å². The predicted octanol–water partition coefficient (Wildman–Crippen LogP) is 5.30. The lowest BCUT2D eigenvalue weighted by atomic mass is 10.0. The number of benzene rings is 3. The first-order chi connectivity index (χ1) is 15.8. The van der Waals surface area contributed by atoms with Crippen molar-refractivity contribution in [2.75, 3.05) is 0 Å². The van der Waals surface area contributed by atoms with Crippen LogP contribution in [0.2, 0.25) is 0 Å². The van der Waals surface area contributed by atoms with E-state index in [4.69, 9.17) is 0 Å². The molecule has 0 aliphatic rings. The third kappa shape index (κ3) is 7.53. The second kappa shape index (κ2) is 11.8. The molecule has 1 atom stereocenters. The standard InChI is InChI=1S/C27H28BrFN2O2/c1-19(2)30-27(33)25(16-20-7-4-3-5-8-20)31(18-22-9-6-10-23(28)15-22)26(32)17-21-11-13-24(29)14-12-21/h3-15,19,25H,16-18H2,1-2H3,(H,30,33). The Hall–Kier alpha value is -2.99. The second-order valence-corrected chi connectivity index (χ2v) is 9.24. The van der Waals surface area contributed by atoms with Crippen molar-refractivity contribution in [2.24, 2.45) is 0 Å². The fourth-order valence-corrected chi connectivity index (χ4v) is 4.09. The summed E-state index contributed by atoms with van der Waals surface area (Å²) in [5.74, 6) is -0.742. The van der Waals surface area contributed by atoms with E-state index >= 15 is 0 Å². The summed E-state index contributed by atoms with van der Waals surface area (Å²) in [5, 5.41) is 2.98. The molecule has 3 rings (SSSR count). The highest BCUT2D eigenvalue weighted by molar-refractivity contribution is 9.10. The van der Waals surface area contributed by atoms with Crippen LogP contribution in [0.15, 0.2) is 83.3 Å². The van der Waals surface area contributed by atoms with Gasteiger partial charge in [-0.2, -0.15) is 0 Å². The maximum absolute atomic E-state index is 13.5. The molecule has 0 spiro atoms. The monoisotopic (exact) mass is 510 g/mol. The molecule has 0 heterocycles. The topological polar surface area (TPSA) is 49.4 Å². The number of nitrogens with one attached hydrogen (secondary N) is 1. The SMILES string of the molecule is CC(C)NC(=O)C(Cc1ccccc1)N(Cc1cccc(Br)c1)C(=O)Cc1ccc(F)cc1. The van der Waals surface area contributed by atoms with E-state index in [1.54, 1.807) is 17.0 Å². The van der Waals surface area contributed by atoms with E-state index in [0.717, 1.165) is 15.6 Å². The Morgan fingerprint density at radius 1 is 0.909 bits per heavy atom. The number of hydrogen-bond donors (Lipinski definition) is 1. The van der Waals surface area contributed by atoms with Gasteiger partial charge >= 0.3 is 0 Å². The van der Waals surface area contributed by atoms with Crippen LogP contribution in [0.4, 0.5) is 4.39 Å². The summed E-state index contributed by atoms with van der Waals surface area (Å²) in [6.07, 6.45) is 0.469. The fraction of sp³-hybridized carbons (Fsp3) is 0.259. The van der Waals surface area contributed by atoms with Crippen molar-refractivity contribution in [3.63, 3.8) is 0 Å². The number of carbonyl (C=O) groups excluding carboxylic acids is 2. The predicted molar refractivity (Wildman–Crippen MR) is 132 cm³/mol. The first-order valence-corrected chi connectivity index (χ1v) is 11.7. The van der Waals surface area contributed by atoms with E-state index in [2.05, 4.69) is 21.2 Å². The number of amides is 2. The van der Waals surface area contributed by atoms with Crippen LogP contribution in [-0.2, 0) is 29.0 Å². The molecule has 0 radical (unpaired) electrons. The van der Waals surface area contributed by atoms with Gasteiger partial charge in [-0.15, -0.1) is 0 Å². The van der Waals surface area contributed by atoms with Crippen molar-refractivity contribution in [3.05, 3.63) is 106 Å². The van der Waals surface area contributed by atoms with Crippen molar-refractivity contribution in [2.45, 2.75) is 45.3 Å². The van der Waals surface area contributed by atoms with Gasteiger partial charge < -0.3 is 10.2 Å². The average Bonchev–Trinajstić information content (AvgIpc) is 2.78. The number of rotatable bonds is 9. The van der Waals surface area contributed by atoms with Gasteiger partial charge in [0.15, 0.2) is 0 Å². The van der Waals surface area contributed by atoms with E-state index in [9.17, 15) is 14.0 Å². The van der Waals surface area contributed by atoms with Gasteiger partial charge in [-0.25, -0.2) is 4.39 Å². The van der Waals surface area contributed by atoms with Gasteiger partial charge in [-0.1, -0.05) is 70.5 Å². The molecule has 6 heteroatoms. The molecule has 1 unspecified atom stereocenters. The third-order valence-electron chi connectivity index (χ3n) is 5.21. The Kier molecular flexibility index (Phi) is 8.78. The summed E-state index contributed by atoms with van der Waals surface area (Å²) in [4.78, 5) is 28.5. The summed E-state index contributed by atoms with van der Waals surface area (Å²) >= 11 is 3.48. The second-order valence-electron chi connectivity index (χ2n) is 8.32. The molecule has 0 saturated carbocycles. The lowest BCUT2D eigenvalue weighted by Crippen LogP contribution is -2.52. The third-order valence-corrected chi connectivity index (χ3v) is 5.71. The normalized spacial score (nSPS) is 11.8. The first-order valence-electron chi connectivity index (χ1n) is 10.9. The minimum absolute atomic E-state index is 0.0595. The fourth-order valence-electron chi connectivity index (χ4n) is 3.65. The zero-order valence-corrected chi connectivity index (χ0v) is 20.4. The largest absolute Gasteiger partial charge is 0.352 e. The Labute approximate surface area is 202 Å². The van der Waals surface area contributed by atoms with E-state index < -0.39 is 6.04 Å². The lowest BCUT2D eigenvalue weighted by molar-refractivity contribution is -0.141. The highest BCUT2D eigenvalue weighted by Crippen LogP contribution is 2.19. The number of halogens is 2. The van der Waals surface area contributed by atoms with E-state index in [0.29, 0.717) is 12.0 Å². The number of hydrogen-bond acceptors (Lipinski definition) is 2. The van der Waals surface area contributed by atoms with Gasteiger partial charge in [0, 0.05) is 23.5 Å². The maximum Gasteiger partial charge on any atom is 0.243 e. The minimum Gasteiger partial charge on any atom is -0.352 e. The van der Waals surface area contributed by atoms with Gasteiger partial charge in [0.2, 0.25) is 11.8 Å². The molecule has 0 aromatic heterocycles. The smallest absolute Gasteiger partial charge is 0.243 e. The van der Waals surface area contributed by atoms with Gasteiger partial charge in [-0.05, 0) is 54.8 Å². The summed E-state index contributed by atoms with van der Waals surface area (Å²) < 4.78 is 14.3.